The molecular weight excluding hydrogens is 1920 g/mol. The van der Waals surface area contributed by atoms with Crippen LogP contribution in [0, 0.1) is 0 Å². The fraction of sp³-hybridized carbons (Fsp3) is 1.00. The van der Waals surface area contributed by atoms with Crippen LogP contribution in [0.25, 0.3) is 0 Å². The van der Waals surface area contributed by atoms with Gasteiger partial charge in [0.2, 0.25) is 0 Å². The maximum absolute atomic E-state index is 6.84. The van der Waals surface area contributed by atoms with Crippen molar-refractivity contribution in [3.63, 3.8) is 0 Å². The molecule has 832 valence electrons. The van der Waals surface area contributed by atoms with Crippen molar-refractivity contribution < 1.29 is 113 Å². The number of rotatable bonds is 112. The van der Waals surface area contributed by atoms with Crippen LogP contribution in [0.4, 0.5) is 0 Å². The van der Waals surface area contributed by atoms with E-state index in [1.54, 1.807) is 0 Å². The van der Waals surface area contributed by atoms with Gasteiger partial charge in [0, 0.05) is 131 Å². The minimum Gasteiger partial charge on any atom is -0.691 e. The Kier molecular flexibility index (Phi) is 102. The minimum absolute atomic E-state index is 0. The van der Waals surface area contributed by atoms with E-state index in [4.69, 9.17) is 142 Å². The van der Waals surface area contributed by atoms with E-state index < -0.39 is 58.4 Å². The molecule has 0 aliphatic heterocycles. The molecule has 0 rings (SSSR count). The first-order valence-electron chi connectivity index (χ1n) is 58.7. The smallest absolute Gasteiger partial charge is 0.691 e. The fourth-order valence-electron chi connectivity index (χ4n) is 19.2. The second kappa shape index (κ2) is 98.0. The van der Waals surface area contributed by atoms with Crippen molar-refractivity contribution in [3.05, 3.63) is 0 Å². The molecule has 0 aliphatic carbocycles. The summed E-state index contributed by atoms with van der Waals surface area (Å²) in [7, 11) is 0. The van der Waals surface area contributed by atoms with Gasteiger partial charge in [-0.2, -0.15) is 0 Å². The van der Waals surface area contributed by atoms with Crippen LogP contribution in [0.3, 0.4) is 0 Å². The summed E-state index contributed by atoms with van der Waals surface area (Å²) in [6, 6.07) is 0. The molecule has 0 aliphatic rings. The molecule has 0 saturated carbocycles. The van der Waals surface area contributed by atoms with E-state index in [0.717, 1.165) is 77.0 Å². The molecule has 0 atom stereocenters. The zero-order valence-corrected chi connectivity index (χ0v) is 103. The average molecular weight is 2150 g/mol. The van der Waals surface area contributed by atoms with Gasteiger partial charge < -0.3 is 100 Å². The average Bonchev–Trinajstić information content (AvgIpc) is 0.743. The Bertz CT molecular complexity index is 2270. The van der Waals surface area contributed by atoms with E-state index >= 15 is 0 Å². The third-order valence-corrected chi connectivity index (χ3v) is 29.6. The van der Waals surface area contributed by atoms with Crippen molar-refractivity contribution in [1.82, 2.24) is 0 Å². The van der Waals surface area contributed by atoms with Crippen LogP contribution in [0.2, 0.25) is 0 Å². The summed E-state index contributed by atoms with van der Waals surface area (Å²) >= 11 is 24.9. The number of ether oxygens (including phenoxy) is 16. The van der Waals surface area contributed by atoms with Crippen LogP contribution >= 0.6 is 11.4 Å². The van der Waals surface area contributed by atoms with Gasteiger partial charge in [0.1, 0.15) is 0 Å². The van der Waals surface area contributed by atoms with Crippen LogP contribution in [-0.4, -0.2) is 153 Å². The molecule has 0 saturated heterocycles. The summed E-state index contributed by atoms with van der Waals surface area (Å²) in [5.41, 5.74) is -7.79. The zero-order valence-electron chi connectivity index (χ0n) is 94.8. The van der Waals surface area contributed by atoms with Gasteiger partial charge in [-0.3, -0.25) is 18.1 Å². The first kappa shape index (κ1) is 145. The van der Waals surface area contributed by atoms with Gasteiger partial charge in [-0.1, -0.05) is 437 Å². The van der Waals surface area contributed by atoms with Crippen LogP contribution in [-0.2, 0) is 161 Å². The Morgan fingerprint density at radius 3 is 0.317 bits per heavy atom. The molecular formula is C112H228O20P2S4Zn. The predicted molar refractivity (Wildman–Crippen MR) is 592 cm³/mol. The summed E-state index contributed by atoms with van der Waals surface area (Å²) in [6.07, 6.45) is 83.3. The summed E-state index contributed by atoms with van der Waals surface area (Å²) in [5, 5.41) is 0. The summed E-state index contributed by atoms with van der Waals surface area (Å²) in [6.45, 7) is 43.7. The van der Waals surface area contributed by atoms with Crippen LogP contribution < -0.4 is 0 Å². The topological polar surface area (TPSA) is 185 Å². The standard InChI is InChI=1S/2C56H115O10PS2.Zn/c2*1-11-21-23-25-27-29-31-33-35-37-39-41-43-45-47-49-51-53(57-13-3,58-14-4)55(61-17-7,62-18-8)65-67(68,69)66-56(63-19-9,64-20-10)54(59-15-5,60-16-6)52-50-48-46-44-42-40-38-36-34-32-30-28-26-24-22-12-2;/h2*11-52H2,1-10H3,(H,68,69);/q;;+2/p-2. The van der Waals surface area contributed by atoms with E-state index in [2.05, 4.69) is 27.7 Å². The maximum Gasteiger partial charge on any atom is 2.00 e. The van der Waals surface area contributed by atoms with Gasteiger partial charge in [0.25, 0.3) is 23.1 Å². The summed E-state index contributed by atoms with van der Waals surface area (Å²) < 4.78 is 132. The van der Waals surface area contributed by atoms with E-state index in [1.165, 1.54) is 334 Å². The van der Waals surface area contributed by atoms with Crippen molar-refractivity contribution in [1.29, 1.82) is 0 Å². The molecule has 0 aromatic heterocycles. The molecule has 139 heavy (non-hydrogen) atoms. The van der Waals surface area contributed by atoms with Gasteiger partial charge in [-0.15, -0.1) is 0 Å². The van der Waals surface area contributed by atoms with E-state index in [0.29, 0.717) is 78.5 Å². The van der Waals surface area contributed by atoms with Crippen molar-refractivity contribution in [3.8, 4) is 0 Å². The van der Waals surface area contributed by atoms with Crippen molar-refractivity contribution in [2.75, 3.05) is 106 Å². The van der Waals surface area contributed by atoms with Gasteiger partial charge in [-0.25, -0.2) is 0 Å². The van der Waals surface area contributed by atoms with Crippen LogP contribution in [0.15, 0.2) is 0 Å². The molecule has 0 bridgehead atoms. The van der Waals surface area contributed by atoms with Gasteiger partial charge in [-0.05, 0) is 136 Å². The van der Waals surface area contributed by atoms with Crippen LogP contribution in [0.1, 0.15) is 575 Å². The van der Waals surface area contributed by atoms with E-state index in [-0.39, 0.29) is 72.3 Å². The quantitative estimate of drug-likeness (QED) is 0.0184. The second-order valence-electron chi connectivity index (χ2n) is 37.6. The van der Waals surface area contributed by atoms with Crippen molar-refractivity contribution in [2.24, 2.45) is 0 Å². The number of unbranched alkanes of at least 4 members (excludes halogenated alkanes) is 60. The molecule has 0 spiro atoms. The molecule has 0 fully saturated rings. The predicted octanol–water partition coefficient (Wildman–Crippen LogP) is 36.2. The minimum atomic E-state index is -3.90. The normalized spacial score (nSPS) is 12.9. The molecule has 0 amide bonds. The summed E-state index contributed by atoms with van der Waals surface area (Å²) in [4.78, 5) is 0. The first-order valence-corrected chi connectivity index (χ1v) is 66.0. The molecule has 0 N–H and O–H groups in total. The fourth-order valence-corrected chi connectivity index (χ4v) is 23.8. The van der Waals surface area contributed by atoms with Gasteiger partial charge >= 0.3 is 43.4 Å². The Morgan fingerprint density at radius 2 is 0.230 bits per heavy atom. The Morgan fingerprint density at radius 1 is 0.144 bits per heavy atom. The maximum atomic E-state index is 6.84. The molecule has 0 aromatic carbocycles. The van der Waals surface area contributed by atoms with Gasteiger partial charge in [0.05, 0.1) is 11.4 Å². The zero-order chi connectivity index (χ0) is 103. The number of hydrogen-bond donors (Lipinski definition) is 0. The SMILES string of the molecule is CCCCCCCCCCCCCCCCCCC(OCC)(OCC)C(OCC)(OCC)OP(=S)([S-])OC(OCC)(OCC)C(CCCCCCCCCCCCCCCCCC)(OCC)OCC.CCCCCCCCCCCCCCCCCCC(OCC)(OCC)C(OCC)(OCC)OP(=S)([S-])OC(OCC)(OCC)C(CCCCCCCCCCCCCCCCCC)(OCC)OCC.[Zn+2]. The molecule has 0 unspecified atom stereocenters. The van der Waals surface area contributed by atoms with Crippen LogP contribution in [0.5, 0.6) is 0 Å². The van der Waals surface area contributed by atoms with Gasteiger partial charge in [0.15, 0.2) is 0 Å². The largest absolute Gasteiger partial charge is 2.00 e. The third-order valence-electron chi connectivity index (χ3n) is 25.9. The number of hydrogen-bond acceptors (Lipinski definition) is 24. The second-order valence-corrected chi connectivity index (χ2v) is 47.3. The van der Waals surface area contributed by atoms with Crippen molar-refractivity contribution in [2.45, 2.75) is 622 Å². The Balaban J connectivity index is -0.00000264. The molecule has 0 aromatic rings. The summed E-state index contributed by atoms with van der Waals surface area (Å²) in [5.74, 6) is -13.9. The molecule has 0 heterocycles. The van der Waals surface area contributed by atoms with Crippen molar-refractivity contribution >= 4 is 59.5 Å². The van der Waals surface area contributed by atoms with E-state index in [9.17, 15) is 0 Å². The van der Waals surface area contributed by atoms with E-state index in [1.807, 2.05) is 111 Å². The Hall–Kier alpha value is 1.82. The third kappa shape index (κ3) is 65.2. The molecule has 0 radical (unpaired) electrons. The first-order chi connectivity index (χ1) is 67.0. The Labute approximate surface area is 894 Å². The molecule has 27 heteroatoms. The monoisotopic (exact) mass is 2150 g/mol. The molecule has 20 nitrogen and oxygen atoms in total.